The maximum absolute atomic E-state index is 10.0. The summed E-state index contributed by atoms with van der Waals surface area (Å²) in [7, 11) is 0. The Morgan fingerprint density at radius 1 is 1.45 bits per heavy atom. The van der Waals surface area contributed by atoms with Gasteiger partial charge in [-0.05, 0) is 19.8 Å². The van der Waals surface area contributed by atoms with E-state index >= 15 is 0 Å². The fraction of sp³-hybridized carbons (Fsp3) is 0.857. The first kappa shape index (κ1) is 10.6. The largest absolute Gasteiger partial charge is 0.392 e. The van der Waals surface area contributed by atoms with Gasteiger partial charge in [-0.2, -0.15) is 0 Å². The third kappa shape index (κ3) is 4.89. The van der Waals surface area contributed by atoms with Gasteiger partial charge in [-0.3, -0.25) is 0 Å². The molecule has 0 aromatic heterocycles. The quantitative estimate of drug-likeness (QED) is 0.450. The van der Waals surface area contributed by atoms with Crippen molar-refractivity contribution in [2.24, 2.45) is 11.5 Å². The summed E-state index contributed by atoms with van der Waals surface area (Å²) < 4.78 is 0. The van der Waals surface area contributed by atoms with Crippen LogP contribution >= 0.6 is 0 Å². The second kappa shape index (κ2) is 5.23. The second-order valence-corrected chi connectivity index (χ2v) is 2.80. The van der Waals surface area contributed by atoms with Crippen LogP contribution in [0.25, 0.3) is 0 Å². The predicted molar refractivity (Wildman–Crippen MR) is 42.9 cm³/mol. The Balaban J connectivity index is 3.45. The summed E-state index contributed by atoms with van der Waals surface area (Å²) in [5.41, 5.74) is 10.7. The average molecular weight is 160 g/mol. The second-order valence-electron chi connectivity index (χ2n) is 2.80. The standard InChI is InChI=1S/C7H16N2O2/c1-5(8)7(11)3-2-6(9)4-10/h4-7,11H,2-3,8-9H2,1H3/t5-,6+,7-/m0/s1. The number of aldehydes is 1. The van der Waals surface area contributed by atoms with Crippen molar-refractivity contribution in [2.75, 3.05) is 0 Å². The van der Waals surface area contributed by atoms with Crippen LogP contribution in [0.3, 0.4) is 0 Å². The molecule has 0 heterocycles. The van der Waals surface area contributed by atoms with Crippen LogP contribution in [0.1, 0.15) is 19.8 Å². The SMILES string of the molecule is C[C@H](N)[C@@H](O)CC[C@@H](N)C=O. The number of aliphatic hydroxyl groups is 1. The fourth-order valence-corrected chi connectivity index (χ4v) is 0.694. The molecule has 0 amide bonds. The van der Waals surface area contributed by atoms with E-state index in [1.54, 1.807) is 6.92 Å². The Bertz CT molecular complexity index is 117. The molecule has 66 valence electrons. The molecule has 11 heavy (non-hydrogen) atoms. The van der Waals surface area contributed by atoms with Crippen molar-refractivity contribution in [2.45, 2.75) is 38.0 Å². The van der Waals surface area contributed by atoms with Crippen LogP contribution in [-0.4, -0.2) is 29.6 Å². The molecule has 0 fully saturated rings. The van der Waals surface area contributed by atoms with E-state index in [0.29, 0.717) is 19.1 Å². The van der Waals surface area contributed by atoms with Crippen LogP contribution in [-0.2, 0) is 4.79 Å². The Hall–Kier alpha value is -0.450. The third-order valence-electron chi connectivity index (χ3n) is 1.58. The van der Waals surface area contributed by atoms with E-state index < -0.39 is 12.1 Å². The van der Waals surface area contributed by atoms with Gasteiger partial charge in [0.15, 0.2) is 0 Å². The maximum Gasteiger partial charge on any atom is 0.136 e. The van der Waals surface area contributed by atoms with Gasteiger partial charge in [0.25, 0.3) is 0 Å². The number of nitrogens with two attached hydrogens (primary N) is 2. The van der Waals surface area contributed by atoms with Crippen LogP contribution in [0.2, 0.25) is 0 Å². The van der Waals surface area contributed by atoms with Crippen LogP contribution < -0.4 is 11.5 Å². The highest BCUT2D eigenvalue weighted by molar-refractivity contribution is 5.56. The zero-order valence-corrected chi connectivity index (χ0v) is 6.73. The summed E-state index contributed by atoms with van der Waals surface area (Å²) in [5, 5.41) is 9.17. The molecule has 0 saturated heterocycles. The monoisotopic (exact) mass is 160 g/mol. The lowest BCUT2D eigenvalue weighted by molar-refractivity contribution is -0.109. The van der Waals surface area contributed by atoms with Gasteiger partial charge in [-0.15, -0.1) is 0 Å². The molecule has 0 aromatic carbocycles. The predicted octanol–water partition coefficient (Wildman–Crippen LogP) is -0.999. The molecule has 0 aliphatic carbocycles. The molecule has 4 heteroatoms. The molecule has 0 aromatic rings. The van der Waals surface area contributed by atoms with E-state index in [1.165, 1.54) is 0 Å². The van der Waals surface area contributed by atoms with Gasteiger partial charge in [0.2, 0.25) is 0 Å². The minimum absolute atomic E-state index is 0.256. The number of hydrogen-bond acceptors (Lipinski definition) is 4. The molecule has 0 bridgehead atoms. The highest BCUT2D eigenvalue weighted by atomic mass is 16.3. The van der Waals surface area contributed by atoms with Crippen molar-refractivity contribution < 1.29 is 9.90 Å². The molecule has 0 aliphatic heterocycles. The number of carbonyl (C=O) groups is 1. The Morgan fingerprint density at radius 3 is 2.36 bits per heavy atom. The molecule has 5 N–H and O–H groups in total. The number of carbonyl (C=O) groups excluding carboxylic acids is 1. The normalized spacial score (nSPS) is 18.9. The average Bonchev–Trinajstić information content (AvgIpc) is 1.99. The third-order valence-corrected chi connectivity index (χ3v) is 1.58. The highest BCUT2D eigenvalue weighted by Gasteiger charge is 2.10. The van der Waals surface area contributed by atoms with Crippen molar-refractivity contribution >= 4 is 6.29 Å². The lowest BCUT2D eigenvalue weighted by Gasteiger charge is -2.14. The number of rotatable bonds is 5. The first-order chi connectivity index (χ1) is 5.07. The van der Waals surface area contributed by atoms with Gasteiger partial charge in [0, 0.05) is 6.04 Å². The number of aliphatic hydroxyl groups excluding tert-OH is 1. The Kier molecular flexibility index (Phi) is 5.02. The molecule has 4 nitrogen and oxygen atoms in total. The van der Waals surface area contributed by atoms with Crippen molar-refractivity contribution in [1.29, 1.82) is 0 Å². The van der Waals surface area contributed by atoms with Gasteiger partial charge in [-0.1, -0.05) is 0 Å². The van der Waals surface area contributed by atoms with Crippen molar-refractivity contribution in [3.63, 3.8) is 0 Å². The summed E-state index contributed by atoms with van der Waals surface area (Å²) in [6.45, 7) is 1.72. The van der Waals surface area contributed by atoms with Gasteiger partial charge >= 0.3 is 0 Å². The summed E-state index contributed by atoms with van der Waals surface area (Å²) >= 11 is 0. The van der Waals surface area contributed by atoms with Crippen molar-refractivity contribution in [3.05, 3.63) is 0 Å². The van der Waals surface area contributed by atoms with Gasteiger partial charge in [0.1, 0.15) is 6.29 Å². The van der Waals surface area contributed by atoms with Crippen LogP contribution in [0, 0.1) is 0 Å². The van der Waals surface area contributed by atoms with Gasteiger partial charge < -0.3 is 21.4 Å². The van der Waals surface area contributed by atoms with Gasteiger partial charge in [-0.25, -0.2) is 0 Å². The lowest BCUT2D eigenvalue weighted by atomic mass is 10.1. The first-order valence-electron chi connectivity index (χ1n) is 3.72. The highest BCUT2D eigenvalue weighted by Crippen LogP contribution is 2.01. The van der Waals surface area contributed by atoms with E-state index in [2.05, 4.69) is 0 Å². The van der Waals surface area contributed by atoms with Gasteiger partial charge in [0.05, 0.1) is 12.1 Å². The van der Waals surface area contributed by atoms with E-state index in [0.717, 1.165) is 0 Å². The molecule has 0 aliphatic rings. The molecule has 0 rings (SSSR count). The minimum Gasteiger partial charge on any atom is -0.392 e. The zero-order chi connectivity index (χ0) is 8.85. The maximum atomic E-state index is 10.0. The van der Waals surface area contributed by atoms with Crippen molar-refractivity contribution in [3.8, 4) is 0 Å². The lowest BCUT2D eigenvalue weighted by Crippen LogP contribution is -2.33. The fourth-order valence-electron chi connectivity index (χ4n) is 0.694. The Labute approximate surface area is 66.6 Å². The van der Waals surface area contributed by atoms with E-state index in [1.807, 2.05) is 0 Å². The molecule has 0 radical (unpaired) electrons. The van der Waals surface area contributed by atoms with Crippen molar-refractivity contribution in [1.82, 2.24) is 0 Å². The summed E-state index contributed by atoms with van der Waals surface area (Å²) in [5.74, 6) is 0. The molecular weight excluding hydrogens is 144 g/mol. The topological polar surface area (TPSA) is 89.3 Å². The smallest absolute Gasteiger partial charge is 0.136 e. The molecular formula is C7H16N2O2. The zero-order valence-electron chi connectivity index (χ0n) is 6.73. The number of hydrogen-bond donors (Lipinski definition) is 3. The van der Waals surface area contributed by atoms with Crippen LogP contribution in [0.4, 0.5) is 0 Å². The van der Waals surface area contributed by atoms with E-state index in [-0.39, 0.29) is 6.04 Å². The van der Waals surface area contributed by atoms with E-state index in [9.17, 15) is 9.90 Å². The summed E-state index contributed by atoms with van der Waals surface area (Å²) in [6, 6.07) is -0.725. The van der Waals surface area contributed by atoms with Crippen LogP contribution in [0.15, 0.2) is 0 Å². The molecule has 0 spiro atoms. The van der Waals surface area contributed by atoms with E-state index in [4.69, 9.17) is 11.5 Å². The Morgan fingerprint density at radius 2 is 2.00 bits per heavy atom. The molecule has 0 unspecified atom stereocenters. The summed E-state index contributed by atoms with van der Waals surface area (Å²) in [4.78, 5) is 10.0. The minimum atomic E-state index is -0.555. The first-order valence-corrected chi connectivity index (χ1v) is 3.72. The molecule has 0 saturated carbocycles. The summed E-state index contributed by atoms with van der Waals surface area (Å²) in [6.07, 6.45) is 1.10. The van der Waals surface area contributed by atoms with Crippen LogP contribution in [0.5, 0.6) is 0 Å². The molecule has 3 atom stereocenters.